The largest absolute Gasteiger partial charge is 0.496 e. The maximum atomic E-state index is 12.3. The van der Waals surface area contributed by atoms with E-state index in [2.05, 4.69) is 21.5 Å². The predicted octanol–water partition coefficient (Wildman–Crippen LogP) is 2.63. The van der Waals surface area contributed by atoms with Crippen LogP contribution in [0.3, 0.4) is 0 Å². The van der Waals surface area contributed by atoms with Crippen molar-refractivity contribution in [3.05, 3.63) is 59.7 Å². The van der Waals surface area contributed by atoms with E-state index >= 15 is 0 Å². The minimum atomic E-state index is -0.472. The Bertz CT molecular complexity index is 929. The summed E-state index contributed by atoms with van der Waals surface area (Å²) in [6.45, 7) is 3.92. The molecule has 0 spiro atoms. The first-order chi connectivity index (χ1) is 14.3. The lowest BCUT2D eigenvalue weighted by Crippen LogP contribution is -2.48. The van der Waals surface area contributed by atoms with Crippen molar-refractivity contribution < 1.29 is 19.1 Å². The fourth-order valence-electron chi connectivity index (χ4n) is 2.51. The molecular weight excluding hydrogens is 404 g/mol. The highest BCUT2D eigenvalue weighted by Crippen LogP contribution is 2.16. The first-order valence-corrected chi connectivity index (χ1v) is 9.65. The molecule has 2 aromatic rings. The van der Waals surface area contributed by atoms with Crippen LogP contribution in [0.1, 0.15) is 41.0 Å². The number of hydrogen-bond acceptors (Lipinski definition) is 5. The van der Waals surface area contributed by atoms with Crippen LogP contribution in [-0.2, 0) is 4.79 Å². The van der Waals surface area contributed by atoms with Gasteiger partial charge in [0, 0.05) is 17.7 Å². The van der Waals surface area contributed by atoms with Crippen molar-refractivity contribution in [1.82, 2.24) is 16.2 Å². The molecule has 0 aliphatic rings. The second kappa shape index (κ2) is 10.9. The van der Waals surface area contributed by atoms with Gasteiger partial charge in [-0.05, 0) is 54.5 Å². The number of benzene rings is 2. The minimum Gasteiger partial charge on any atom is -0.496 e. The normalized spacial score (nSPS) is 10.1. The van der Waals surface area contributed by atoms with Gasteiger partial charge in [0.05, 0.1) is 12.7 Å². The summed E-state index contributed by atoms with van der Waals surface area (Å²) in [5.41, 5.74) is 6.15. The van der Waals surface area contributed by atoms with Gasteiger partial charge in [0.25, 0.3) is 11.8 Å². The van der Waals surface area contributed by atoms with Gasteiger partial charge in [-0.2, -0.15) is 0 Å². The van der Waals surface area contributed by atoms with Gasteiger partial charge in [-0.15, -0.1) is 0 Å². The van der Waals surface area contributed by atoms with E-state index < -0.39 is 11.8 Å². The molecule has 0 atom stereocenters. The molecule has 9 heteroatoms. The Hall–Kier alpha value is -3.46. The smallest absolute Gasteiger partial charge is 0.269 e. The Labute approximate surface area is 180 Å². The number of carbonyl (C=O) groups excluding carboxylic acids is 3. The summed E-state index contributed by atoms with van der Waals surface area (Å²) in [5, 5.41) is 5.16. The quantitative estimate of drug-likeness (QED) is 0.416. The number of ether oxygens (including phenoxy) is 1. The molecule has 0 saturated heterocycles. The van der Waals surface area contributed by atoms with Crippen LogP contribution < -0.4 is 26.2 Å². The number of nitrogens with one attached hydrogen (secondary N) is 4. The number of para-hydroxylation sites is 1. The van der Waals surface area contributed by atoms with E-state index in [1.807, 2.05) is 13.8 Å². The molecule has 0 radical (unpaired) electrons. The van der Waals surface area contributed by atoms with Crippen molar-refractivity contribution in [3.63, 3.8) is 0 Å². The molecule has 158 valence electrons. The maximum Gasteiger partial charge on any atom is 0.269 e. The van der Waals surface area contributed by atoms with Crippen molar-refractivity contribution in [2.45, 2.75) is 20.3 Å². The lowest BCUT2D eigenvalue weighted by Gasteiger charge is -2.12. The molecule has 3 amide bonds. The Morgan fingerprint density at radius 2 is 1.63 bits per heavy atom. The molecule has 0 aliphatic heterocycles. The summed E-state index contributed by atoms with van der Waals surface area (Å²) in [6.07, 6.45) is 0.421. The zero-order valence-electron chi connectivity index (χ0n) is 16.9. The molecule has 0 heterocycles. The Kier molecular flexibility index (Phi) is 8.30. The highest BCUT2D eigenvalue weighted by Gasteiger charge is 2.13. The summed E-state index contributed by atoms with van der Waals surface area (Å²) in [6, 6.07) is 13.1. The average molecular weight is 429 g/mol. The summed E-state index contributed by atoms with van der Waals surface area (Å²) >= 11 is 5.03. The summed E-state index contributed by atoms with van der Waals surface area (Å²) in [7, 11) is 1.46. The number of thiocarbonyl (C=S) groups is 1. The fourth-order valence-corrected chi connectivity index (χ4v) is 2.65. The van der Waals surface area contributed by atoms with Crippen LogP contribution in [0.4, 0.5) is 5.69 Å². The van der Waals surface area contributed by atoms with E-state index in [0.717, 1.165) is 0 Å². The third-order valence-electron chi connectivity index (χ3n) is 3.89. The first kappa shape index (κ1) is 22.8. The van der Waals surface area contributed by atoms with Gasteiger partial charge in [0.15, 0.2) is 5.11 Å². The molecule has 0 fully saturated rings. The predicted molar refractivity (Wildman–Crippen MR) is 118 cm³/mol. The van der Waals surface area contributed by atoms with Crippen molar-refractivity contribution in [1.29, 1.82) is 0 Å². The number of carbonyl (C=O) groups is 3. The lowest BCUT2D eigenvalue weighted by atomic mass is 10.1. The number of methoxy groups -OCH3 is 1. The average Bonchev–Trinajstić information content (AvgIpc) is 2.71. The highest BCUT2D eigenvalue weighted by atomic mass is 32.1. The molecule has 0 saturated carbocycles. The molecule has 8 nitrogen and oxygen atoms in total. The SMILES string of the molecule is COc1ccccc1C(=O)NC(=S)NNC(=O)c1ccc(NC(=O)CC(C)C)cc1. The van der Waals surface area contributed by atoms with E-state index in [9.17, 15) is 14.4 Å². The van der Waals surface area contributed by atoms with Gasteiger partial charge < -0.3 is 10.1 Å². The van der Waals surface area contributed by atoms with Crippen molar-refractivity contribution >= 4 is 40.7 Å². The third kappa shape index (κ3) is 6.85. The molecule has 0 bridgehead atoms. The van der Waals surface area contributed by atoms with E-state index in [0.29, 0.717) is 29.0 Å². The number of rotatable bonds is 6. The summed E-state index contributed by atoms with van der Waals surface area (Å²) in [5.74, 6) is -0.347. The fraction of sp³-hybridized carbons (Fsp3) is 0.238. The number of hydrogen-bond donors (Lipinski definition) is 4. The monoisotopic (exact) mass is 428 g/mol. The molecule has 0 unspecified atom stereocenters. The molecule has 2 aromatic carbocycles. The van der Waals surface area contributed by atoms with Gasteiger partial charge in [-0.25, -0.2) is 0 Å². The second-order valence-corrected chi connectivity index (χ2v) is 7.19. The first-order valence-electron chi connectivity index (χ1n) is 9.24. The number of hydrazine groups is 1. The topological polar surface area (TPSA) is 109 Å². The second-order valence-electron chi connectivity index (χ2n) is 6.79. The van der Waals surface area contributed by atoms with Crippen LogP contribution >= 0.6 is 12.2 Å². The Morgan fingerprint density at radius 3 is 2.27 bits per heavy atom. The van der Waals surface area contributed by atoms with Gasteiger partial charge in [0.1, 0.15) is 5.75 Å². The minimum absolute atomic E-state index is 0.0724. The van der Waals surface area contributed by atoms with Crippen LogP contribution in [0.5, 0.6) is 5.75 Å². The van der Waals surface area contributed by atoms with Crippen molar-refractivity contribution in [2.75, 3.05) is 12.4 Å². The molecule has 30 heavy (non-hydrogen) atoms. The van der Waals surface area contributed by atoms with E-state index in [1.165, 1.54) is 7.11 Å². The zero-order valence-corrected chi connectivity index (χ0v) is 17.8. The van der Waals surface area contributed by atoms with E-state index in [1.54, 1.807) is 48.5 Å². The van der Waals surface area contributed by atoms with Crippen LogP contribution in [0.25, 0.3) is 0 Å². The zero-order chi connectivity index (χ0) is 22.1. The Morgan fingerprint density at radius 1 is 0.967 bits per heavy atom. The van der Waals surface area contributed by atoms with Crippen molar-refractivity contribution in [2.24, 2.45) is 5.92 Å². The van der Waals surface area contributed by atoms with Crippen LogP contribution in [-0.4, -0.2) is 29.9 Å². The molecule has 4 N–H and O–H groups in total. The third-order valence-corrected chi connectivity index (χ3v) is 4.10. The van der Waals surface area contributed by atoms with Gasteiger partial charge in [-0.3, -0.25) is 30.6 Å². The van der Waals surface area contributed by atoms with Crippen LogP contribution in [0.2, 0.25) is 0 Å². The highest BCUT2D eigenvalue weighted by molar-refractivity contribution is 7.80. The molecule has 2 rings (SSSR count). The summed E-state index contributed by atoms with van der Waals surface area (Å²) in [4.78, 5) is 36.3. The van der Waals surface area contributed by atoms with Gasteiger partial charge in [-0.1, -0.05) is 26.0 Å². The van der Waals surface area contributed by atoms with E-state index in [-0.39, 0.29) is 16.9 Å². The summed E-state index contributed by atoms with van der Waals surface area (Å²) < 4.78 is 5.14. The number of anilines is 1. The maximum absolute atomic E-state index is 12.3. The van der Waals surface area contributed by atoms with E-state index in [4.69, 9.17) is 17.0 Å². The van der Waals surface area contributed by atoms with Crippen LogP contribution in [0.15, 0.2) is 48.5 Å². The lowest BCUT2D eigenvalue weighted by molar-refractivity contribution is -0.116. The number of amides is 3. The molecular formula is C21H24N4O4S. The van der Waals surface area contributed by atoms with Gasteiger partial charge in [0.2, 0.25) is 5.91 Å². The molecule has 0 aliphatic carbocycles. The molecule has 0 aromatic heterocycles. The van der Waals surface area contributed by atoms with Crippen LogP contribution in [0, 0.1) is 5.92 Å². The van der Waals surface area contributed by atoms with Gasteiger partial charge >= 0.3 is 0 Å². The Balaban J connectivity index is 1.85. The van der Waals surface area contributed by atoms with Crippen molar-refractivity contribution in [3.8, 4) is 5.75 Å². The standard InChI is InChI=1S/C21H24N4O4S/c1-13(2)12-18(26)22-15-10-8-14(9-11-15)19(27)24-25-21(30)23-20(28)16-6-4-5-7-17(16)29-3/h4-11,13H,12H2,1-3H3,(H,22,26)(H,24,27)(H2,23,25,28,30).